The molecule has 0 amide bonds. The molecule has 0 bridgehead atoms. The third kappa shape index (κ3) is 3.25. The van der Waals surface area contributed by atoms with Crippen LogP contribution in [0.3, 0.4) is 0 Å². The molecule has 0 aromatic carbocycles. The first-order valence-corrected chi connectivity index (χ1v) is 6.96. The van der Waals surface area contributed by atoms with Gasteiger partial charge in [-0.05, 0) is 34.8 Å². The van der Waals surface area contributed by atoms with E-state index in [0.29, 0.717) is 11.4 Å². The van der Waals surface area contributed by atoms with Crippen LogP contribution in [0.5, 0.6) is 0 Å². The predicted octanol–water partition coefficient (Wildman–Crippen LogP) is 2.25. The topological polar surface area (TPSA) is 51.7 Å². The van der Waals surface area contributed by atoms with Crippen molar-refractivity contribution in [2.24, 2.45) is 0 Å². The summed E-state index contributed by atoms with van der Waals surface area (Å²) < 4.78 is 11.0. The number of hydrogen-bond donors (Lipinski definition) is 0. The molecule has 19 heavy (non-hydrogen) atoms. The first-order valence-electron chi connectivity index (χ1n) is 6.17. The average Bonchev–Trinajstić information content (AvgIpc) is 2.46. The molecule has 0 saturated carbocycles. The highest BCUT2D eigenvalue weighted by Gasteiger charge is 2.25. The molecule has 0 radical (unpaired) electrons. The predicted molar refractivity (Wildman–Crippen MR) is 75.5 cm³/mol. The van der Waals surface area contributed by atoms with Crippen LogP contribution in [0.2, 0.25) is 0 Å². The molecule has 2 heterocycles. The summed E-state index contributed by atoms with van der Waals surface area (Å²) in [6.45, 7) is 1.62. The van der Waals surface area contributed by atoms with Gasteiger partial charge < -0.3 is 14.4 Å². The Bertz CT molecular complexity index is 467. The lowest BCUT2D eigenvalue weighted by atomic mass is 10.1. The van der Waals surface area contributed by atoms with Crippen molar-refractivity contribution >= 4 is 27.7 Å². The molecule has 1 aromatic heterocycles. The Morgan fingerprint density at radius 1 is 1.53 bits per heavy atom. The first-order chi connectivity index (χ1) is 9.15. The highest BCUT2D eigenvalue weighted by molar-refractivity contribution is 9.10. The Labute approximate surface area is 121 Å². The monoisotopic (exact) mass is 328 g/mol. The van der Waals surface area contributed by atoms with Gasteiger partial charge in [0.2, 0.25) is 0 Å². The lowest BCUT2D eigenvalue weighted by Gasteiger charge is -2.33. The molecule has 0 spiro atoms. The number of rotatable bonds is 3. The van der Waals surface area contributed by atoms with Gasteiger partial charge in [-0.25, -0.2) is 9.78 Å². The van der Waals surface area contributed by atoms with E-state index in [1.54, 1.807) is 19.4 Å². The number of halogens is 1. The molecule has 1 saturated heterocycles. The second kappa shape index (κ2) is 6.34. The number of ether oxygens (including phenoxy) is 2. The van der Waals surface area contributed by atoms with Gasteiger partial charge in [-0.15, -0.1) is 0 Å². The van der Waals surface area contributed by atoms with Crippen LogP contribution in [-0.4, -0.2) is 44.4 Å². The summed E-state index contributed by atoms with van der Waals surface area (Å²) in [6, 6.07) is 1.74. The van der Waals surface area contributed by atoms with Crippen molar-refractivity contribution in [2.75, 3.05) is 32.2 Å². The minimum atomic E-state index is -0.372. The number of anilines is 1. The Hall–Kier alpha value is -1.14. The van der Waals surface area contributed by atoms with Crippen molar-refractivity contribution in [3.63, 3.8) is 0 Å². The fraction of sp³-hybridized carbons (Fsp3) is 0.538. The van der Waals surface area contributed by atoms with E-state index < -0.39 is 0 Å². The maximum absolute atomic E-state index is 11.8. The Morgan fingerprint density at radius 3 is 3.00 bits per heavy atom. The zero-order valence-electron chi connectivity index (χ0n) is 11.1. The zero-order valence-corrected chi connectivity index (χ0v) is 12.6. The number of nitrogens with zero attached hydrogens (tertiary/aromatic N) is 2. The minimum absolute atomic E-state index is 0.185. The highest BCUT2D eigenvalue weighted by Crippen LogP contribution is 2.25. The van der Waals surface area contributed by atoms with Crippen LogP contribution in [0.4, 0.5) is 5.82 Å². The van der Waals surface area contributed by atoms with E-state index >= 15 is 0 Å². The average molecular weight is 329 g/mol. The summed E-state index contributed by atoms with van der Waals surface area (Å²) in [5.74, 6) is 0.292. The normalized spacial score (nSPS) is 19.3. The second-order valence-corrected chi connectivity index (χ2v) is 5.38. The smallest absolute Gasteiger partial charge is 0.341 e. The third-order valence-corrected chi connectivity index (χ3v) is 3.68. The summed E-state index contributed by atoms with van der Waals surface area (Å²) >= 11 is 3.33. The van der Waals surface area contributed by atoms with Crippen LogP contribution in [0.1, 0.15) is 23.2 Å². The van der Waals surface area contributed by atoms with Crippen molar-refractivity contribution in [1.82, 2.24) is 4.98 Å². The van der Waals surface area contributed by atoms with Gasteiger partial charge in [0.25, 0.3) is 0 Å². The molecule has 104 valence electrons. The zero-order chi connectivity index (χ0) is 13.8. The number of pyridine rings is 1. The summed E-state index contributed by atoms with van der Waals surface area (Å²) in [5, 5.41) is 0. The number of esters is 1. The number of methoxy groups -OCH3 is 2. The molecule has 1 fully saturated rings. The number of hydrogen-bond acceptors (Lipinski definition) is 5. The molecule has 0 aliphatic carbocycles. The SMILES string of the molecule is COC(=O)c1cc(Br)cnc1N1CCCC(OC)C1. The van der Waals surface area contributed by atoms with Crippen LogP contribution in [0.15, 0.2) is 16.7 Å². The number of piperidine rings is 1. The van der Waals surface area contributed by atoms with Crippen molar-refractivity contribution < 1.29 is 14.3 Å². The molecule has 6 heteroatoms. The van der Waals surface area contributed by atoms with Crippen LogP contribution in [0.25, 0.3) is 0 Å². The minimum Gasteiger partial charge on any atom is -0.465 e. The molecule has 1 atom stereocenters. The van der Waals surface area contributed by atoms with E-state index in [1.807, 2.05) is 0 Å². The molecule has 1 unspecified atom stereocenters. The fourth-order valence-electron chi connectivity index (χ4n) is 2.27. The van der Waals surface area contributed by atoms with E-state index in [4.69, 9.17) is 9.47 Å². The quantitative estimate of drug-likeness (QED) is 0.796. The van der Waals surface area contributed by atoms with Crippen molar-refractivity contribution in [1.29, 1.82) is 0 Å². The van der Waals surface area contributed by atoms with Gasteiger partial charge in [0.05, 0.1) is 13.2 Å². The van der Waals surface area contributed by atoms with E-state index in [9.17, 15) is 4.79 Å². The number of carbonyl (C=O) groups is 1. The van der Waals surface area contributed by atoms with Gasteiger partial charge in [-0.3, -0.25) is 0 Å². The summed E-state index contributed by atoms with van der Waals surface area (Å²) in [7, 11) is 3.09. The molecular formula is C13H17BrN2O3. The lowest BCUT2D eigenvalue weighted by Crippen LogP contribution is -2.40. The molecular weight excluding hydrogens is 312 g/mol. The molecule has 0 N–H and O–H groups in total. The van der Waals surface area contributed by atoms with Crippen LogP contribution >= 0.6 is 15.9 Å². The maximum atomic E-state index is 11.8. The first kappa shape index (κ1) is 14.3. The Morgan fingerprint density at radius 2 is 2.32 bits per heavy atom. The van der Waals surface area contributed by atoms with E-state index in [-0.39, 0.29) is 12.1 Å². The summed E-state index contributed by atoms with van der Waals surface area (Å²) in [4.78, 5) is 18.3. The van der Waals surface area contributed by atoms with Gasteiger partial charge >= 0.3 is 5.97 Å². The summed E-state index contributed by atoms with van der Waals surface area (Å²) in [6.07, 6.45) is 3.94. The van der Waals surface area contributed by atoms with Crippen molar-refractivity contribution in [3.8, 4) is 0 Å². The molecule has 1 aromatic rings. The van der Waals surface area contributed by atoms with Gasteiger partial charge in [0, 0.05) is 30.9 Å². The van der Waals surface area contributed by atoms with Gasteiger partial charge in [-0.2, -0.15) is 0 Å². The standard InChI is InChI=1S/C13H17BrN2O3/c1-18-10-4-3-5-16(8-10)12-11(13(17)19-2)6-9(14)7-15-12/h6-7,10H,3-5,8H2,1-2H3. The highest BCUT2D eigenvalue weighted by atomic mass is 79.9. The second-order valence-electron chi connectivity index (χ2n) is 4.46. The molecule has 1 aliphatic rings. The molecule has 5 nitrogen and oxygen atoms in total. The van der Waals surface area contributed by atoms with Crippen molar-refractivity contribution in [2.45, 2.75) is 18.9 Å². The van der Waals surface area contributed by atoms with Crippen LogP contribution < -0.4 is 4.90 Å². The van der Waals surface area contributed by atoms with E-state index in [2.05, 4.69) is 25.8 Å². The van der Waals surface area contributed by atoms with E-state index in [1.165, 1.54) is 7.11 Å². The lowest BCUT2D eigenvalue weighted by molar-refractivity contribution is 0.0599. The third-order valence-electron chi connectivity index (χ3n) is 3.25. The van der Waals surface area contributed by atoms with E-state index in [0.717, 1.165) is 30.4 Å². The van der Waals surface area contributed by atoms with Gasteiger partial charge in [-0.1, -0.05) is 0 Å². The van der Waals surface area contributed by atoms with Crippen LogP contribution in [0, 0.1) is 0 Å². The number of aromatic nitrogens is 1. The van der Waals surface area contributed by atoms with Crippen LogP contribution in [-0.2, 0) is 9.47 Å². The fourth-order valence-corrected chi connectivity index (χ4v) is 2.60. The Kier molecular flexibility index (Phi) is 4.76. The Balaban J connectivity index is 2.30. The van der Waals surface area contributed by atoms with Gasteiger partial charge in [0.15, 0.2) is 0 Å². The molecule has 2 rings (SSSR count). The number of carbonyl (C=O) groups excluding carboxylic acids is 1. The largest absolute Gasteiger partial charge is 0.465 e. The summed E-state index contributed by atoms with van der Waals surface area (Å²) in [5.41, 5.74) is 0.480. The maximum Gasteiger partial charge on any atom is 0.341 e. The van der Waals surface area contributed by atoms with Crippen molar-refractivity contribution in [3.05, 3.63) is 22.3 Å². The molecule has 1 aliphatic heterocycles. The van der Waals surface area contributed by atoms with Gasteiger partial charge in [0.1, 0.15) is 11.4 Å².